The van der Waals surface area contributed by atoms with Crippen molar-refractivity contribution in [1.29, 1.82) is 0 Å². The molecule has 0 bridgehead atoms. The van der Waals surface area contributed by atoms with Crippen LogP contribution in [0, 0.1) is 0 Å². The molecule has 12 heavy (non-hydrogen) atoms. The molecule has 0 heterocycles. The van der Waals surface area contributed by atoms with Crippen LogP contribution in [0.15, 0.2) is 0 Å². The van der Waals surface area contributed by atoms with Gasteiger partial charge in [-0.25, -0.2) is 0 Å². The van der Waals surface area contributed by atoms with Gasteiger partial charge in [-0.2, -0.15) is 11.8 Å². The highest BCUT2D eigenvalue weighted by Gasteiger charge is 2.41. The van der Waals surface area contributed by atoms with Crippen LogP contribution < -0.4 is 5.73 Å². The van der Waals surface area contributed by atoms with Crippen LogP contribution in [0.25, 0.3) is 0 Å². The maximum absolute atomic E-state index is 10.7. The van der Waals surface area contributed by atoms with E-state index in [2.05, 4.69) is 6.92 Å². The average Bonchev–Trinajstić information content (AvgIpc) is 2.34. The molecule has 0 amide bonds. The number of carboxylic acids is 1. The third-order valence-electron chi connectivity index (χ3n) is 2.33. The number of aliphatic carboxylic acids is 1. The fraction of sp³-hybridized carbons (Fsp3) is 0.875. The molecule has 0 aromatic rings. The molecule has 3 nitrogen and oxygen atoms in total. The number of hydrogen-bond donors (Lipinski definition) is 2. The standard InChI is InChI=1S/C8H15NO2S/c1-2-12-6-3-4-8(9,5-6)7(10)11/h6H,2-5,9H2,1H3,(H,10,11). The molecular weight excluding hydrogens is 174 g/mol. The van der Waals surface area contributed by atoms with Gasteiger partial charge in [0.05, 0.1) is 0 Å². The molecule has 0 spiro atoms. The molecule has 0 aliphatic heterocycles. The molecule has 1 aliphatic carbocycles. The zero-order chi connectivity index (χ0) is 9.19. The number of carboxylic acid groups (broad SMARTS) is 1. The first kappa shape index (κ1) is 9.86. The highest BCUT2D eigenvalue weighted by molar-refractivity contribution is 7.99. The lowest BCUT2D eigenvalue weighted by molar-refractivity contribution is -0.143. The Bertz CT molecular complexity index is 186. The summed E-state index contributed by atoms with van der Waals surface area (Å²) in [5.41, 5.74) is 4.77. The lowest BCUT2D eigenvalue weighted by Crippen LogP contribution is -2.45. The normalized spacial score (nSPS) is 35.3. The minimum Gasteiger partial charge on any atom is -0.480 e. The molecule has 2 unspecified atom stereocenters. The third-order valence-corrected chi connectivity index (χ3v) is 3.54. The summed E-state index contributed by atoms with van der Waals surface area (Å²) in [7, 11) is 0. The van der Waals surface area contributed by atoms with Gasteiger partial charge in [-0.3, -0.25) is 4.79 Å². The first-order valence-corrected chi connectivity index (χ1v) is 5.27. The molecule has 1 rings (SSSR count). The lowest BCUT2D eigenvalue weighted by Gasteiger charge is -2.17. The quantitative estimate of drug-likeness (QED) is 0.697. The van der Waals surface area contributed by atoms with E-state index in [4.69, 9.17) is 10.8 Å². The van der Waals surface area contributed by atoms with Crippen LogP contribution in [0.5, 0.6) is 0 Å². The van der Waals surface area contributed by atoms with Crippen LogP contribution in [-0.2, 0) is 4.79 Å². The van der Waals surface area contributed by atoms with Crippen molar-refractivity contribution in [2.75, 3.05) is 5.75 Å². The lowest BCUT2D eigenvalue weighted by atomic mass is 10.0. The minimum atomic E-state index is -0.938. The van der Waals surface area contributed by atoms with Crippen molar-refractivity contribution in [3.63, 3.8) is 0 Å². The highest BCUT2D eigenvalue weighted by Crippen LogP contribution is 2.35. The zero-order valence-electron chi connectivity index (χ0n) is 7.25. The van der Waals surface area contributed by atoms with Gasteiger partial charge in [-0.1, -0.05) is 6.92 Å². The second-order valence-electron chi connectivity index (χ2n) is 3.28. The summed E-state index contributed by atoms with van der Waals surface area (Å²) in [4.78, 5) is 10.7. The van der Waals surface area contributed by atoms with Gasteiger partial charge in [0.25, 0.3) is 0 Å². The molecule has 1 saturated carbocycles. The Balaban J connectivity index is 2.49. The summed E-state index contributed by atoms with van der Waals surface area (Å²) in [5.74, 6) is 0.196. The van der Waals surface area contributed by atoms with Crippen LogP contribution in [-0.4, -0.2) is 27.6 Å². The molecule has 2 atom stereocenters. The average molecular weight is 189 g/mol. The van der Waals surface area contributed by atoms with Gasteiger partial charge in [-0.15, -0.1) is 0 Å². The van der Waals surface area contributed by atoms with Crippen molar-refractivity contribution in [2.45, 2.75) is 37.0 Å². The Kier molecular flexibility index (Phi) is 3.01. The fourth-order valence-electron chi connectivity index (χ4n) is 1.60. The van der Waals surface area contributed by atoms with Gasteiger partial charge in [0, 0.05) is 5.25 Å². The van der Waals surface area contributed by atoms with E-state index < -0.39 is 11.5 Å². The summed E-state index contributed by atoms with van der Waals surface area (Å²) < 4.78 is 0. The summed E-state index contributed by atoms with van der Waals surface area (Å²) in [6.45, 7) is 2.09. The second-order valence-corrected chi connectivity index (χ2v) is 4.86. The number of thioether (sulfide) groups is 1. The van der Waals surface area contributed by atoms with E-state index in [-0.39, 0.29) is 0 Å². The number of carbonyl (C=O) groups is 1. The third kappa shape index (κ3) is 1.93. The van der Waals surface area contributed by atoms with Crippen molar-refractivity contribution in [1.82, 2.24) is 0 Å². The van der Waals surface area contributed by atoms with E-state index in [1.165, 1.54) is 0 Å². The van der Waals surface area contributed by atoms with Crippen molar-refractivity contribution >= 4 is 17.7 Å². The highest BCUT2D eigenvalue weighted by atomic mass is 32.2. The van der Waals surface area contributed by atoms with Gasteiger partial charge in [0.2, 0.25) is 0 Å². The Morgan fingerprint density at radius 2 is 2.50 bits per heavy atom. The van der Waals surface area contributed by atoms with Crippen LogP contribution in [0.4, 0.5) is 0 Å². The molecule has 1 fully saturated rings. The Labute approximate surface area is 76.7 Å². The topological polar surface area (TPSA) is 63.3 Å². The Hall–Kier alpha value is -0.220. The Morgan fingerprint density at radius 3 is 2.92 bits per heavy atom. The summed E-state index contributed by atoms with van der Waals surface area (Å²) in [6.07, 6.45) is 2.20. The SMILES string of the molecule is CCSC1CCC(N)(C(=O)O)C1. The maximum atomic E-state index is 10.7. The molecular formula is C8H15NO2S. The predicted molar refractivity (Wildman–Crippen MR) is 50.3 cm³/mol. The van der Waals surface area contributed by atoms with E-state index in [0.29, 0.717) is 18.1 Å². The number of hydrogen-bond acceptors (Lipinski definition) is 3. The molecule has 0 radical (unpaired) electrons. The first-order valence-electron chi connectivity index (χ1n) is 4.22. The summed E-state index contributed by atoms with van der Waals surface area (Å²) in [6, 6.07) is 0. The van der Waals surface area contributed by atoms with Crippen LogP contribution in [0.1, 0.15) is 26.2 Å². The molecule has 1 aliphatic rings. The van der Waals surface area contributed by atoms with Gasteiger partial charge in [0.1, 0.15) is 5.54 Å². The van der Waals surface area contributed by atoms with Gasteiger partial charge in [0.15, 0.2) is 0 Å². The van der Waals surface area contributed by atoms with E-state index in [1.54, 1.807) is 0 Å². The smallest absolute Gasteiger partial charge is 0.323 e. The van der Waals surface area contributed by atoms with Crippen molar-refractivity contribution in [2.24, 2.45) is 5.73 Å². The van der Waals surface area contributed by atoms with Gasteiger partial charge >= 0.3 is 5.97 Å². The van der Waals surface area contributed by atoms with E-state index in [9.17, 15) is 4.79 Å². The van der Waals surface area contributed by atoms with Crippen LogP contribution in [0.3, 0.4) is 0 Å². The maximum Gasteiger partial charge on any atom is 0.323 e. The molecule has 0 aromatic carbocycles. The summed E-state index contributed by atoms with van der Waals surface area (Å²) >= 11 is 1.82. The van der Waals surface area contributed by atoms with Crippen molar-refractivity contribution in [3.8, 4) is 0 Å². The predicted octanol–water partition coefficient (Wildman–Crippen LogP) is 1.07. The largest absolute Gasteiger partial charge is 0.480 e. The molecule has 0 saturated heterocycles. The second kappa shape index (κ2) is 3.66. The zero-order valence-corrected chi connectivity index (χ0v) is 8.06. The Morgan fingerprint density at radius 1 is 1.83 bits per heavy atom. The van der Waals surface area contributed by atoms with Crippen molar-refractivity contribution in [3.05, 3.63) is 0 Å². The van der Waals surface area contributed by atoms with E-state index >= 15 is 0 Å². The first-order chi connectivity index (χ1) is 5.58. The van der Waals surface area contributed by atoms with Crippen LogP contribution in [0.2, 0.25) is 0 Å². The fourth-order valence-corrected chi connectivity index (χ4v) is 2.77. The molecule has 4 heteroatoms. The molecule has 70 valence electrons. The monoisotopic (exact) mass is 189 g/mol. The number of nitrogens with two attached hydrogens (primary N) is 1. The van der Waals surface area contributed by atoms with Crippen LogP contribution >= 0.6 is 11.8 Å². The van der Waals surface area contributed by atoms with Gasteiger partial charge < -0.3 is 10.8 Å². The van der Waals surface area contributed by atoms with Crippen molar-refractivity contribution < 1.29 is 9.90 Å². The molecule has 0 aromatic heterocycles. The number of rotatable bonds is 3. The molecule has 3 N–H and O–H groups in total. The van der Waals surface area contributed by atoms with E-state index in [1.807, 2.05) is 11.8 Å². The van der Waals surface area contributed by atoms with E-state index in [0.717, 1.165) is 12.2 Å². The summed E-state index contributed by atoms with van der Waals surface area (Å²) in [5, 5.41) is 9.28. The van der Waals surface area contributed by atoms with Gasteiger partial charge in [-0.05, 0) is 25.0 Å². The minimum absolute atomic E-state index is 0.455.